The molecule has 8 heteroatoms. The molecule has 2 amide bonds. The monoisotopic (exact) mass is 390 g/mol. The highest BCUT2D eigenvalue weighted by molar-refractivity contribution is 6.39. The number of piperidine rings is 1. The number of nitrogens with one attached hydrogen (secondary N) is 1. The lowest BCUT2D eigenvalue weighted by Crippen LogP contribution is -2.48. The summed E-state index contributed by atoms with van der Waals surface area (Å²) in [6, 6.07) is 12.5. The van der Waals surface area contributed by atoms with Crippen molar-refractivity contribution in [1.82, 2.24) is 4.90 Å². The second-order valence-electron chi connectivity index (χ2n) is 6.90. The molecule has 1 N–H and O–H groups in total. The third kappa shape index (κ3) is 3.42. The Morgan fingerprint density at radius 3 is 2.61 bits per heavy atom. The number of anilines is 1. The summed E-state index contributed by atoms with van der Waals surface area (Å²) in [6.07, 6.45) is -4.19. The molecular formula is C20H17F3N2O3. The zero-order chi connectivity index (χ0) is 19.9. The van der Waals surface area contributed by atoms with E-state index >= 15 is 0 Å². The first-order valence-electron chi connectivity index (χ1n) is 8.91. The van der Waals surface area contributed by atoms with Gasteiger partial charge in [-0.25, -0.2) is 0 Å². The van der Waals surface area contributed by atoms with E-state index in [-0.39, 0.29) is 19.4 Å². The second kappa shape index (κ2) is 6.85. The number of hydrogen-bond acceptors (Lipinski definition) is 3. The van der Waals surface area contributed by atoms with Crippen molar-refractivity contribution in [3.05, 3.63) is 42.5 Å². The summed E-state index contributed by atoms with van der Waals surface area (Å²) in [5, 5.41) is 4.25. The van der Waals surface area contributed by atoms with Crippen molar-refractivity contribution in [1.29, 1.82) is 0 Å². The van der Waals surface area contributed by atoms with Gasteiger partial charge in [-0.3, -0.25) is 9.59 Å². The number of furan rings is 1. The predicted octanol–water partition coefficient (Wildman–Crippen LogP) is 4.33. The number of rotatable bonds is 1. The van der Waals surface area contributed by atoms with E-state index in [9.17, 15) is 22.8 Å². The maximum Gasteiger partial charge on any atom is 0.393 e. The third-order valence-corrected chi connectivity index (χ3v) is 5.00. The molecule has 4 rings (SSSR count). The maximum atomic E-state index is 12.9. The van der Waals surface area contributed by atoms with Gasteiger partial charge in [-0.1, -0.05) is 18.2 Å². The van der Waals surface area contributed by atoms with Gasteiger partial charge in [-0.2, -0.15) is 13.2 Å². The van der Waals surface area contributed by atoms with Gasteiger partial charge < -0.3 is 14.6 Å². The molecule has 1 fully saturated rings. The normalized spacial score (nSPS) is 17.8. The van der Waals surface area contributed by atoms with Crippen molar-refractivity contribution >= 4 is 39.4 Å². The van der Waals surface area contributed by atoms with Gasteiger partial charge in [-0.05, 0) is 31.0 Å². The van der Waals surface area contributed by atoms with Gasteiger partial charge in [0.25, 0.3) is 0 Å². The Kier molecular flexibility index (Phi) is 4.49. The molecule has 146 valence electrons. The Hall–Kier alpha value is -3.03. The predicted molar refractivity (Wildman–Crippen MR) is 97.7 cm³/mol. The quantitative estimate of drug-likeness (QED) is 0.630. The Morgan fingerprint density at radius 1 is 1.07 bits per heavy atom. The molecule has 1 aliphatic rings. The maximum absolute atomic E-state index is 12.9. The summed E-state index contributed by atoms with van der Waals surface area (Å²) in [6.45, 7) is -0.347. The van der Waals surface area contributed by atoms with Gasteiger partial charge in [0, 0.05) is 35.6 Å². The molecule has 0 aliphatic carbocycles. The zero-order valence-corrected chi connectivity index (χ0v) is 14.8. The van der Waals surface area contributed by atoms with Crippen molar-refractivity contribution in [2.24, 2.45) is 5.92 Å². The third-order valence-electron chi connectivity index (χ3n) is 5.00. The van der Waals surface area contributed by atoms with Gasteiger partial charge in [-0.15, -0.1) is 0 Å². The van der Waals surface area contributed by atoms with Gasteiger partial charge in [0.05, 0.1) is 5.92 Å². The topological polar surface area (TPSA) is 62.6 Å². The number of fused-ring (bicyclic) bond motifs is 3. The minimum atomic E-state index is -4.37. The van der Waals surface area contributed by atoms with Crippen LogP contribution >= 0.6 is 0 Å². The van der Waals surface area contributed by atoms with Crippen LogP contribution in [0.1, 0.15) is 12.8 Å². The van der Waals surface area contributed by atoms with E-state index in [2.05, 4.69) is 5.32 Å². The Labute approximate surface area is 158 Å². The zero-order valence-electron chi connectivity index (χ0n) is 14.8. The summed E-state index contributed by atoms with van der Waals surface area (Å²) < 4.78 is 44.5. The Balaban J connectivity index is 1.49. The van der Waals surface area contributed by atoms with Crippen LogP contribution in [0.15, 0.2) is 46.9 Å². The number of halogens is 3. The number of para-hydroxylation sites is 1. The summed E-state index contributed by atoms with van der Waals surface area (Å²) in [5.41, 5.74) is 1.58. The minimum Gasteiger partial charge on any atom is -0.456 e. The first-order valence-corrected chi connectivity index (χ1v) is 8.91. The summed E-state index contributed by atoms with van der Waals surface area (Å²) in [4.78, 5) is 25.5. The van der Waals surface area contributed by atoms with Gasteiger partial charge in [0.15, 0.2) is 0 Å². The number of hydrogen-bond donors (Lipinski definition) is 1. The van der Waals surface area contributed by atoms with E-state index in [0.717, 1.165) is 15.7 Å². The average molecular weight is 390 g/mol. The van der Waals surface area contributed by atoms with E-state index < -0.39 is 30.5 Å². The number of carbonyl (C=O) groups is 2. The van der Waals surface area contributed by atoms with Crippen molar-refractivity contribution in [2.45, 2.75) is 19.0 Å². The van der Waals surface area contributed by atoms with E-state index in [1.807, 2.05) is 24.3 Å². The molecule has 28 heavy (non-hydrogen) atoms. The number of amides is 2. The summed E-state index contributed by atoms with van der Waals surface area (Å²) >= 11 is 0. The number of carbonyl (C=O) groups excluding carboxylic acids is 2. The largest absolute Gasteiger partial charge is 0.456 e. The van der Waals surface area contributed by atoms with Crippen LogP contribution in [0.3, 0.4) is 0 Å². The molecule has 1 atom stereocenters. The van der Waals surface area contributed by atoms with Crippen LogP contribution in [-0.2, 0) is 9.59 Å². The average Bonchev–Trinajstić information content (AvgIpc) is 3.04. The molecule has 0 saturated carbocycles. The van der Waals surface area contributed by atoms with Crippen molar-refractivity contribution in [3.63, 3.8) is 0 Å². The molecule has 1 unspecified atom stereocenters. The van der Waals surface area contributed by atoms with Crippen LogP contribution in [0.25, 0.3) is 21.9 Å². The van der Waals surface area contributed by atoms with Crippen LogP contribution in [0, 0.1) is 5.92 Å². The van der Waals surface area contributed by atoms with Crippen molar-refractivity contribution in [2.75, 3.05) is 18.4 Å². The molecule has 2 heterocycles. The molecule has 0 radical (unpaired) electrons. The molecule has 1 saturated heterocycles. The molecule has 0 spiro atoms. The second-order valence-corrected chi connectivity index (χ2v) is 6.90. The van der Waals surface area contributed by atoms with Crippen LogP contribution < -0.4 is 5.32 Å². The summed E-state index contributed by atoms with van der Waals surface area (Å²) in [5.74, 6) is -3.51. The SMILES string of the molecule is O=C(Nc1ccc2c(c1)oc1ccccc12)C(=O)N1CCCC(C(F)(F)F)C1. The van der Waals surface area contributed by atoms with E-state index in [1.54, 1.807) is 18.2 Å². The van der Waals surface area contributed by atoms with Crippen LogP contribution in [0.2, 0.25) is 0 Å². The smallest absolute Gasteiger partial charge is 0.393 e. The van der Waals surface area contributed by atoms with Crippen LogP contribution in [0.4, 0.5) is 18.9 Å². The molecule has 1 aliphatic heterocycles. The highest BCUT2D eigenvalue weighted by atomic mass is 19.4. The molecule has 0 bridgehead atoms. The number of benzene rings is 2. The fourth-order valence-corrected chi connectivity index (χ4v) is 3.56. The van der Waals surface area contributed by atoms with Crippen molar-refractivity contribution < 1.29 is 27.2 Å². The molecule has 2 aromatic carbocycles. The van der Waals surface area contributed by atoms with E-state index in [0.29, 0.717) is 16.9 Å². The number of nitrogens with zero attached hydrogens (tertiary/aromatic N) is 1. The lowest BCUT2D eigenvalue weighted by molar-refractivity contribution is -0.188. The fraction of sp³-hybridized carbons (Fsp3) is 0.300. The lowest BCUT2D eigenvalue weighted by Gasteiger charge is -2.33. The summed E-state index contributed by atoms with van der Waals surface area (Å²) in [7, 11) is 0. The first kappa shape index (κ1) is 18.3. The molecule has 1 aromatic heterocycles. The highest BCUT2D eigenvalue weighted by Gasteiger charge is 2.43. The number of likely N-dealkylation sites (tertiary alicyclic amines) is 1. The lowest BCUT2D eigenvalue weighted by atomic mass is 9.97. The van der Waals surface area contributed by atoms with E-state index in [1.165, 1.54) is 0 Å². The van der Waals surface area contributed by atoms with Crippen LogP contribution in [-0.4, -0.2) is 36.0 Å². The molecule has 3 aromatic rings. The van der Waals surface area contributed by atoms with E-state index in [4.69, 9.17) is 4.42 Å². The minimum absolute atomic E-state index is 0.0301. The molecule has 5 nitrogen and oxygen atoms in total. The molecular weight excluding hydrogens is 373 g/mol. The Morgan fingerprint density at radius 2 is 1.82 bits per heavy atom. The highest BCUT2D eigenvalue weighted by Crippen LogP contribution is 2.33. The van der Waals surface area contributed by atoms with Gasteiger partial charge >= 0.3 is 18.0 Å². The first-order chi connectivity index (χ1) is 13.3. The van der Waals surface area contributed by atoms with Gasteiger partial charge in [0.1, 0.15) is 11.2 Å². The standard InChI is InChI=1S/C20H17F3N2O3/c21-20(22,23)12-4-3-9-25(11-12)19(27)18(26)24-13-7-8-15-14-5-1-2-6-16(14)28-17(15)10-13/h1-2,5-8,10,12H,3-4,9,11H2,(H,24,26). The van der Waals surface area contributed by atoms with Crippen LogP contribution in [0.5, 0.6) is 0 Å². The number of alkyl halides is 3. The Bertz CT molecular complexity index is 1060. The van der Waals surface area contributed by atoms with Gasteiger partial charge in [0.2, 0.25) is 0 Å². The fourth-order valence-electron chi connectivity index (χ4n) is 3.56. The van der Waals surface area contributed by atoms with Crippen molar-refractivity contribution in [3.8, 4) is 0 Å².